The fourth-order valence-electron chi connectivity index (χ4n) is 4.05. The molecule has 0 N–H and O–H groups in total. The number of carboxylic acid groups (broad SMARTS) is 3. The van der Waals surface area contributed by atoms with Gasteiger partial charge in [-0.15, -0.1) is 0 Å². The number of benzene rings is 3. The summed E-state index contributed by atoms with van der Waals surface area (Å²) in [5.41, 5.74) is 5.60. The molecule has 0 amide bonds. The molecule has 0 bridgehead atoms. The molecule has 3 aromatic carbocycles. The molecule has 0 radical (unpaired) electrons. The predicted molar refractivity (Wildman–Crippen MR) is 171 cm³/mol. The van der Waals surface area contributed by atoms with E-state index in [0.717, 1.165) is 33.4 Å². The van der Waals surface area contributed by atoms with Gasteiger partial charge in [-0.2, -0.15) is 37.9 Å². The van der Waals surface area contributed by atoms with Gasteiger partial charge >= 0.3 is 27.5 Å². The van der Waals surface area contributed by atoms with Gasteiger partial charge in [0.2, 0.25) is 0 Å². The third-order valence-electron chi connectivity index (χ3n) is 5.83. The number of carbonyl (C=O) groups is 3. The number of aryl methyl sites for hydroxylation is 6. The predicted octanol–water partition coefficient (Wildman–Crippen LogP) is 2.70. The van der Waals surface area contributed by atoms with Crippen LogP contribution in [0.2, 0.25) is 4.94 Å². The summed E-state index contributed by atoms with van der Waals surface area (Å²) in [6.45, 7) is 5.31. The van der Waals surface area contributed by atoms with Crippen LogP contribution in [0.25, 0.3) is 0 Å². The van der Waals surface area contributed by atoms with E-state index in [1.54, 1.807) is 79.7 Å². The number of carboxylic acids is 3. The van der Waals surface area contributed by atoms with E-state index in [1.165, 1.54) is 0 Å². The van der Waals surface area contributed by atoms with Crippen LogP contribution in [-0.4, -0.2) is 57.7 Å². The molecule has 10 heteroatoms. The fourth-order valence-corrected chi connectivity index (χ4v) is 4.77. The number of hydrogen-bond donors (Lipinski definition) is 3. The van der Waals surface area contributed by atoms with E-state index in [2.05, 4.69) is 42.8 Å². The summed E-state index contributed by atoms with van der Waals surface area (Å²) < 4.78 is 0. The first-order chi connectivity index (χ1) is 19.5. The van der Waals surface area contributed by atoms with Crippen LogP contribution >= 0.6 is 37.9 Å². The molecule has 0 spiro atoms. The summed E-state index contributed by atoms with van der Waals surface area (Å²) in [5, 5.41) is 32.3. The number of rotatable bonds is 9. The van der Waals surface area contributed by atoms with Crippen molar-refractivity contribution in [3.05, 3.63) is 105 Å². The Hall–Kier alpha value is -2.08. The van der Waals surface area contributed by atoms with Crippen LogP contribution in [0.4, 0.5) is 0 Å². The van der Waals surface area contributed by atoms with Gasteiger partial charge in [0.15, 0.2) is 0 Å². The molecule has 218 valence electrons. The number of aromatic carboxylic acids is 3. The van der Waals surface area contributed by atoms with Gasteiger partial charge in [0.05, 0.1) is 17.9 Å². The molecular formula is C31H36O6S3Sn. The first-order valence-corrected chi connectivity index (χ1v) is 17.5. The van der Waals surface area contributed by atoms with Gasteiger partial charge in [-0.25, -0.2) is 0 Å². The minimum atomic E-state index is -1.10. The Bertz CT molecular complexity index is 1120. The molecule has 0 fully saturated rings. The van der Waals surface area contributed by atoms with Gasteiger partial charge in [0.1, 0.15) is 0 Å². The maximum atomic E-state index is 10.8. The number of thiol groups is 3. The number of carbonyl (C=O) groups excluding carboxylic acids is 3. The third kappa shape index (κ3) is 13.2. The van der Waals surface area contributed by atoms with Crippen molar-refractivity contribution in [2.75, 3.05) is 17.3 Å². The van der Waals surface area contributed by atoms with Crippen LogP contribution in [0.3, 0.4) is 0 Å². The van der Waals surface area contributed by atoms with Crippen LogP contribution < -0.4 is 15.3 Å². The van der Waals surface area contributed by atoms with Crippen LogP contribution in [0, 0.1) is 20.8 Å². The first-order valence-electron chi connectivity index (χ1n) is 12.7. The SMILES string of the molecule is Cc1cccc(CCS)c1C(=O)[O-].Cc1cccc(CCS)c1C(=O)[O-].Cc1cccc(CCS)c1C(=O)[O-].[CH3][Sn+3]. The van der Waals surface area contributed by atoms with Crippen LogP contribution in [0.15, 0.2) is 54.6 Å². The van der Waals surface area contributed by atoms with Crippen molar-refractivity contribution in [1.82, 2.24) is 0 Å². The van der Waals surface area contributed by atoms with Crippen molar-refractivity contribution in [1.29, 1.82) is 0 Å². The zero-order chi connectivity index (χ0) is 31.5. The van der Waals surface area contributed by atoms with Crippen LogP contribution in [0.1, 0.15) is 64.5 Å². The van der Waals surface area contributed by atoms with Crippen LogP contribution in [-0.2, 0) is 19.3 Å². The Morgan fingerprint density at radius 1 is 0.537 bits per heavy atom. The Morgan fingerprint density at radius 2 is 0.756 bits per heavy atom. The Labute approximate surface area is 273 Å². The van der Waals surface area contributed by atoms with E-state index in [1.807, 2.05) is 18.2 Å². The molecule has 0 aromatic heterocycles. The molecule has 0 aliphatic rings. The first kappa shape index (κ1) is 38.9. The van der Waals surface area contributed by atoms with Gasteiger partial charge in [0.25, 0.3) is 0 Å². The fraction of sp³-hybridized carbons (Fsp3) is 0.323. The van der Waals surface area contributed by atoms with Gasteiger partial charge < -0.3 is 29.7 Å². The standard InChI is InChI=1S/3C10H12O2S.CH3.Sn/c3*1-7-3-2-4-8(5-6-13)9(7)10(11)12;;/h3*2-4,13H,5-6H2,1H3,(H,11,12);1H3;/q;;;;+3/p-3. The van der Waals surface area contributed by atoms with E-state index in [-0.39, 0.29) is 0 Å². The summed E-state index contributed by atoms with van der Waals surface area (Å²) in [7, 11) is 0. The normalized spacial score (nSPS) is 9.68. The minimum absolute atomic E-state index is 0.316. The van der Waals surface area contributed by atoms with Crippen molar-refractivity contribution in [3.8, 4) is 0 Å². The topological polar surface area (TPSA) is 120 Å². The van der Waals surface area contributed by atoms with Crippen molar-refractivity contribution in [2.24, 2.45) is 0 Å². The molecule has 0 heterocycles. The summed E-state index contributed by atoms with van der Waals surface area (Å²) >= 11 is 13.8. The second-order valence-electron chi connectivity index (χ2n) is 8.61. The van der Waals surface area contributed by atoms with E-state index in [4.69, 9.17) is 0 Å². The summed E-state index contributed by atoms with van der Waals surface area (Å²) in [6.07, 6.45) is 1.98. The van der Waals surface area contributed by atoms with Crippen molar-refractivity contribution >= 4 is 78.3 Å². The van der Waals surface area contributed by atoms with Gasteiger partial charge in [-0.3, -0.25) is 0 Å². The van der Waals surface area contributed by atoms with Crippen molar-refractivity contribution in [2.45, 2.75) is 45.0 Å². The summed E-state index contributed by atoms with van der Waals surface area (Å²) in [5.74, 6) is -1.38. The molecule has 0 aliphatic heterocycles. The summed E-state index contributed by atoms with van der Waals surface area (Å²) in [4.78, 5) is 34.4. The van der Waals surface area contributed by atoms with Gasteiger partial charge in [-0.1, -0.05) is 54.6 Å². The zero-order valence-electron chi connectivity index (χ0n) is 23.7. The molecule has 0 saturated carbocycles. The maximum absolute atomic E-state index is 10.8. The van der Waals surface area contributed by atoms with Crippen molar-refractivity contribution in [3.63, 3.8) is 0 Å². The van der Waals surface area contributed by atoms with Gasteiger partial charge in [0, 0.05) is 16.7 Å². The van der Waals surface area contributed by atoms with E-state index in [9.17, 15) is 29.7 Å². The Kier molecular flexibility index (Phi) is 20.5. The molecule has 3 aromatic rings. The molecule has 41 heavy (non-hydrogen) atoms. The molecule has 0 unspecified atom stereocenters. The van der Waals surface area contributed by atoms with E-state index < -0.39 is 17.9 Å². The zero-order valence-corrected chi connectivity index (χ0v) is 29.3. The molecule has 0 aliphatic carbocycles. The quantitative estimate of drug-likeness (QED) is 0.231. The molecule has 6 nitrogen and oxygen atoms in total. The monoisotopic (exact) mass is 720 g/mol. The summed E-state index contributed by atoms with van der Waals surface area (Å²) in [6, 6.07) is 16.3. The number of hydrogen-bond acceptors (Lipinski definition) is 9. The molecule has 0 saturated heterocycles. The van der Waals surface area contributed by atoms with Gasteiger partial charge in [-0.05, 0) is 90.7 Å². The third-order valence-corrected chi connectivity index (χ3v) is 6.50. The Morgan fingerprint density at radius 3 is 0.927 bits per heavy atom. The average molecular weight is 720 g/mol. The molecule has 0 atom stereocenters. The Balaban J connectivity index is 0.000000567. The second-order valence-corrected chi connectivity index (χ2v) is 9.95. The van der Waals surface area contributed by atoms with E-state index in [0.29, 0.717) is 53.2 Å². The average Bonchev–Trinajstić information content (AvgIpc) is 2.91. The second kappa shape index (κ2) is 21.6. The van der Waals surface area contributed by atoms with Crippen LogP contribution in [0.5, 0.6) is 0 Å². The van der Waals surface area contributed by atoms with Crippen molar-refractivity contribution < 1.29 is 29.7 Å². The molecule has 3 rings (SSSR count). The van der Waals surface area contributed by atoms with E-state index >= 15 is 0 Å². The molecular weight excluding hydrogens is 683 g/mol.